The monoisotopic (exact) mass is 213 g/mol. The molecule has 3 heteroatoms. The van der Waals surface area contributed by atoms with Gasteiger partial charge in [0, 0.05) is 25.1 Å². The molecule has 1 saturated carbocycles. The van der Waals surface area contributed by atoms with Crippen molar-refractivity contribution >= 4 is 6.29 Å². The summed E-state index contributed by atoms with van der Waals surface area (Å²) in [5.74, 6) is 0. The number of nitrogens with zero attached hydrogens (tertiary/aromatic N) is 1. The van der Waals surface area contributed by atoms with Crippen LogP contribution in [-0.2, 0) is 9.53 Å². The van der Waals surface area contributed by atoms with Crippen LogP contribution in [0.4, 0.5) is 0 Å². The summed E-state index contributed by atoms with van der Waals surface area (Å²) in [6.07, 6.45) is 5.69. The average Bonchev–Trinajstić information content (AvgIpc) is 2.67. The summed E-state index contributed by atoms with van der Waals surface area (Å²) in [6.45, 7) is 3.74. The Morgan fingerprint density at radius 1 is 1.47 bits per heavy atom. The molecule has 1 unspecified atom stereocenters. The van der Waals surface area contributed by atoms with E-state index in [4.69, 9.17) is 4.74 Å². The fourth-order valence-electron chi connectivity index (χ4n) is 2.41. The highest BCUT2D eigenvalue weighted by Crippen LogP contribution is 2.36. The molecule has 15 heavy (non-hydrogen) atoms. The fourth-order valence-corrected chi connectivity index (χ4v) is 2.41. The number of aldehydes is 1. The van der Waals surface area contributed by atoms with Gasteiger partial charge in [-0.05, 0) is 26.8 Å². The normalized spacial score (nSPS) is 21.9. The molecule has 0 heterocycles. The molecule has 1 aliphatic rings. The lowest BCUT2D eigenvalue weighted by Crippen LogP contribution is -2.41. The van der Waals surface area contributed by atoms with Gasteiger partial charge in [0.05, 0.1) is 6.61 Å². The van der Waals surface area contributed by atoms with Crippen LogP contribution >= 0.6 is 0 Å². The quantitative estimate of drug-likeness (QED) is 0.629. The van der Waals surface area contributed by atoms with Crippen molar-refractivity contribution in [2.24, 2.45) is 5.41 Å². The van der Waals surface area contributed by atoms with Crippen LogP contribution < -0.4 is 0 Å². The number of methoxy groups -OCH3 is 1. The van der Waals surface area contributed by atoms with Crippen molar-refractivity contribution in [3.63, 3.8) is 0 Å². The van der Waals surface area contributed by atoms with Crippen molar-refractivity contribution in [1.82, 2.24) is 4.90 Å². The number of hydrogen-bond donors (Lipinski definition) is 0. The lowest BCUT2D eigenvalue weighted by Gasteiger charge is -2.32. The average molecular weight is 213 g/mol. The van der Waals surface area contributed by atoms with E-state index in [1.807, 2.05) is 0 Å². The van der Waals surface area contributed by atoms with Gasteiger partial charge in [0.25, 0.3) is 0 Å². The smallest absolute Gasteiger partial charge is 0.127 e. The predicted molar refractivity (Wildman–Crippen MR) is 60.9 cm³/mol. The van der Waals surface area contributed by atoms with Crippen LogP contribution in [0.15, 0.2) is 0 Å². The predicted octanol–water partition coefficient (Wildman–Crippen LogP) is 1.71. The van der Waals surface area contributed by atoms with Gasteiger partial charge in [-0.25, -0.2) is 0 Å². The van der Waals surface area contributed by atoms with Crippen LogP contribution in [0.1, 0.15) is 32.6 Å². The minimum atomic E-state index is -0.0727. The standard InChI is InChI=1S/C12H23NO2/c1-11(8-15-3)13(2)9-12(10-14)6-4-5-7-12/h10-11H,4-9H2,1-3H3. The molecule has 1 atom stereocenters. The first kappa shape index (κ1) is 12.7. The number of ether oxygens (including phenoxy) is 1. The summed E-state index contributed by atoms with van der Waals surface area (Å²) >= 11 is 0. The highest BCUT2D eigenvalue weighted by atomic mass is 16.5. The maximum Gasteiger partial charge on any atom is 0.127 e. The van der Waals surface area contributed by atoms with Crippen molar-refractivity contribution in [2.45, 2.75) is 38.6 Å². The maximum atomic E-state index is 11.2. The van der Waals surface area contributed by atoms with Gasteiger partial charge in [0.15, 0.2) is 0 Å². The molecule has 0 aromatic rings. The molecule has 1 fully saturated rings. The van der Waals surface area contributed by atoms with Crippen LogP contribution in [0, 0.1) is 5.41 Å². The molecule has 0 aromatic heterocycles. The molecule has 0 amide bonds. The Kier molecular flexibility index (Phi) is 4.74. The van der Waals surface area contributed by atoms with Gasteiger partial charge in [-0.2, -0.15) is 0 Å². The molecule has 0 saturated heterocycles. The summed E-state index contributed by atoms with van der Waals surface area (Å²) in [4.78, 5) is 13.4. The van der Waals surface area contributed by atoms with Crippen molar-refractivity contribution in [3.05, 3.63) is 0 Å². The molecule has 0 spiro atoms. The fraction of sp³-hybridized carbons (Fsp3) is 0.917. The molecule has 88 valence electrons. The topological polar surface area (TPSA) is 29.5 Å². The third-order valence-electron chi connectivity index (χ3n) is 3.57. The molecule has 0 radical (unpaired) electrons. The second-order valence-electron chi connectivity index (χ2n) is 4.91. The first-order valence-electron chi connectivity index (χ1n) is 5.79. The van der Waals surface area contributed by atoms with Gasteiger partial charge in [0.2, 0.25) is 0 Å². The third-order valence-corrected chi connectivity index (χ3v) is 3.57. The van der Waals surface area contributed by atoms with Gasteiger partial charge in [-0.15, -0.1) is 0 Å². The molecule has 0 N–H and O–H groups in total. The Hall–Kier alpha value is -0.410. The van der Waals surface area contributed by atoms with E-state index < -0.39 is 0 Å². The van der Waals surface area contributed by atoms with E-state index in [2.05, 4.69) is 18.9 Å². The van der Waals surface area contributed by atoms with E-state index in [0.29, 0.717) is 6.04 Å². The zero-order valence-corrected chi connectivity index (χ0v) is 10.2. The van der Waals surface area contributed by atoms with Crippen LogP contribution in [0.2, 0.25) is 0 Å². The second-order valence-corrected chi connectivity index (χ2v) is 4.91. The number of carbonyl (C=O) groups is 1. The number of rotatable bonds is 6. The lowest BCUT2D eigenvalue weighted by atomic mass is 9.87. The summed E-state index contributed by atoms with van der Waals surface area (Å²) in [7, 11) is 3.79. The van der Waals surface area contributed by atoms with Gasteiger partial charge in [-0.1, -0.05) is 12.8 Å². The Morgan fingerprint density at radius 3 is 2.53 bits per heavy atom. The molecule has 3 nitrogen and oxygen atoms in total. The van der Waals surface area contributed by atoms with E-state index in [0.717, 1.165) is 26.0 Å². The minimum Gasteiger partial charge on any atom is -0.383 e. The van der Waals surface area contributed by atoms with Gasteiger partial charge in [-0.3, -0.25) is 0 Å². The van der Waals surface area contributed by atoms with E-state index >= 15 is 0 Å². The molecule has 1 rings (SSSR count). The van der Waals surface area contributed by atoms with E-state index in [9.17, 15) is 4.79 Å². The van der Waals surface area contributed by atoms with Crippen LogP contribution in [0.25, 0.3) is 0 Å². The summed E-state index contributed by atoms with van der Waals surface area (Å²) < 4.78 is 5.13. The first-order valence-corrected chi connectivity index (χ1v) is 5.79. The highest BCUT2D eigenvalue weighted by molar-refractivity contribution is 5.60. The SMILES string of the molecule is COCC(C)N(C)CC1(C=O)CCCC1. The van der Waals surface area contributed by atoms with Crippen molar-refractivity contribution in [3.8, 4) is 0 Å². The van der Waals surface area contributed by atoms with Gasteiger partial charge < -0.3 is 14.4 Å². The largest absolute Gasteiger partial charge is 0.383 e. The molecule has 0 aliphatic heterocycles. The van der Waals surface area contributed by atoms with Crippen LogP contribution in [0.5, 0.6) is 0 Å². The second kappa shape index (κ2) is 5.61. The maximum absolute atomic E-state index is 11.2. The molecular formula is C12H23NO2. The zero-order chi connectivity index (χ0) is 11.3. The Morgan fingerprint density at radius 2 is 2.07 bits per heavy atom. The summed E-state index contributed by atoms with van der Waals surface area (Å²) in [5, 5.41) is 0. The van der Waals surface area contributed by atoms with E-state index in [1.54, 1.807) is 7.11 Å². The third kappa shape index (κ3) is 3.28. The number of carbonyl (C=O) groups excluding carboxylic acids is 1. The van der Waals surface area contributed by atoms with E-state index in [-0.39, 0.29) is 5.41 Å². The van der Waals surface area contributed by atoms with Crippen molar-refractivity contribution < 1.29 is 9.53 Å². The number of likely N-dealkylation sites (N-methyl/N-ethyl adjacent to an activating group) is 1. The van der Waals surface area contributed by atoms with Gasteiger partial charge >= 0.3 is 0 Å². The minimum absolute atomic E-state index is 0.0727. The first-order chi connectivity index (χ1) is 7.13. The Labute approximate surface area is 92.8 Å². The molecule has 0 bridgehead atoms. The van der Waals surface area contributed by atoms with Gasteiger partial charge in [0.1, 0.15) is 6.29 Å². The molecule has 1 aliphatic carbocycles. The van der Waals surface area contributed by atoms with Crippen molar-refractivity contribution in [1.29, 1.82) is 0 Å². The lowest BCUT2D eigenvalue weighted by molar-refractivity contribution is -0.117. The molecule has 0 aromatic carbocycles. The van der Waals surface area contributed by atoms with Crippen LogP contribution in [0.3, 0.4) is 0 Å². The summed E-state index contributed by atoms with van der Waals surface area (Å²) in [5.41, 5.74) is -0.0727. The Balaban J connectivity index is 2.47. The Bertz CT molecular complexity index is 200. The van der Waals surface area contributed by atoms with Crippen LogP contribution in [-0.4, -0.2) is 44.5 Å². The highest BCUT2D eigenvalue weighted by Gasteiger charge is 2.35. The zero-order valence-electron chi connectivity index (χ0n) is 10.2. The van der Waals surface area contributed by atoms with Crippen molar-refractivity contribution in [2.75, 3.05) is 27.3 Å². The molecular weight excluding hydrogens is 190 g/mol. The number of hydrogen-bond acceptors (Lipinski definition) is 3. The summed E-state index contributed by atoms with van der Waals surface area (Å²) in [6, 6.07) is 0.382. The van der Waals surface area contributed by atoms with E-state index in [1.165, 1.54) is 19.1 Å².